The van der Waals surface area contributed by atoms with Gasteiger partial charge in [-0.25, -0.2) is 0 Å². The van der Waals surface area contributed by atoms with Crippen molar-refractivity contribution in [2.45, 2.75) is 18.6 Å². The third-order valence-corrected chi connectivity index (χ3v) is 2.11. The number of hydrogen-bond acceptors (Lipinski definition) is 2. The van der Waals surface area contributed by atoms with Gasteiger partial charge in [0.05, 0.1) is 12.5 Å². The predicted molar refractivity (Wildman–Crippen MR) is 47.9 cm³/mol. The van der Waals surface area contributed by atoms with Crippen LogP contribution in [0.3, 0.4) is 0 Å². The first-order valence-corrected chi connectivity index (χ1v) is 4.26. The number of amides is 1. The van der Waals surface area contributed by atoms with Crippen LogP contribution in [0.1, 0.15) is 18.1 Å². The minimum atomic E-state index is -0.302. The molecule has 13 heavy (non-hydrogen) atoms. The van der Waals surface area contributed by atoms with Crippen molar-refractivity contribution in [3.63, 3.8) is 0 Å². The van der Waals surface area contributed by atoms with Crippen molar-refractivity contribution in [2.75, 3.05) is 0 Å². The van der Waals surface area contributed by atoms with Gasteiger partial charge in [-0.05, 0) is 5.56 Å². The first kappa shape index (κ1) is 8.26. The molecule has 1 aromatic rings. The van der Waals surface area contributed by atoms with E-state index in [-0.39, 0.29) is 18.1 Å². The van der Waals surface area contributed by atoms with Gasteiger partial charge in [-0.3, -0.25) is 4.79 Å². The van der Waals surface area contributed by atoms with E-state index < -0.39 is 0 Å². The van der Waals surface area contributed by atoms with Gasteiger partial charge >= 0.3 is 0 Å². The van der Waals surface area contributed by atoms with Crippen LogP contribution >= 0.6 is 0 Å². The summed E-state index contributed by atoms with van der Waals surface area (Å²) in [7, 11) is 0. The van der Waals surface area contributed by atoms with Gasteiger partial charge in [-0.15, -0.1) is 0 Å². The third-order valence-electron chi connectivity index (χ3n) is 2.11. The van der Waals surface area contributed by atoms with Crippen molar-refractivity contribution >= 4 is 5.91 Å². The predicted octanol–water partition coefficient (Wildman–Crippen LogP) is 1.00. The molecule has 0 aliphatic carbocycles. The van der Waals surface area contributed by atoms with Crippen molar-refractivity contribution in [1.29, 1.82) is 0 Å². The minimum Gasteiger partial charge on any atom is -0.370 e. The zero-order valence-corrected chi connectivity index (χ0v) is 7.14. The average Bonchev–Trinajstić information content (AvgIpc) is 2.84. The number of carbonyl (C=O) groups excluding carboxylic acids is 1. The SMILES string of the molecule is NC(=O)C[C@H]1O[C@H]1c1ccccc1. The molecule has 2 rings (SSSR count). The molecule has 0 spiro atoms. The fourth-order valence-corrected chi connectivity index (χ4v) is 1.43. The van der Waals surface area contributed by atoms with E-state index in [1.807, 2.05) is 30.3 Å². The van der Waals surface area contributed by atoms with Gasteiger partial charge in [0, 0.05) is 0 Å². The molecule has 1 fully saturated rings. The van der Waals surface area contributed by atoms with Crippen LogP contribution in [0, 0.1) is 0 Å². The van der Waals surface area contributed by atoms with Gasteiger partial charge < -0.3 is 10.5 Å². The second-order valence-electron chi connectivity index (χ2n) is 3.18. The Morgan fingerprint density at radius 1 is 1.38 bits per heavy atom. The summed E-state index contributed by atoms with van der Waals surface area (Å²) in [5.74, 6) is -0.302. The molecule has 0 aromatic heterocycles. The molecule has 1 aliphatic heterocycles. The Labute approximate surface area is 76.5 Å². The second kappa shape index (κ2) is 3.18. The Morgan fingerprint density at radius 3 is 2.69 bits per heavy atom. The molecular weight excluding hydrogens is 166 g/mol. The van der Waals surface area contributed by atoms with Crippen molar-refractivity contribution < 1.29 is 9.53 Å². The van der Waals surface area contributed by atoms with Crippen LogP contribution in [0.25, 0.3) is 0 Å². The van der Waals surface area contributed by atoms with Gasteiger partial charge in [0.25, 0.3) is 0 Å². The largest absolute Gasteiger partial charge is 0.370 e. The Balaban J connectivity index is 1.97. The van der Waals surface area contributed by atoms with E-state index >= 15 is 0 Å². The highest BCUT2D eigenvalue weighted by atomic mass is 16.6. The Hall–Kier alpha value is -1.35. The van der Waals surface area contributed by atoms with Crippen molar-refractivity contribution in [2.24, 2.45) is 5.73 Å². The highest BCUT2D eigenvalue weighted by molar-refractivity contribution is 5.74. The van der Waals surface area contributed by atoms with E-state index in [9.17, 15) is 4.79 Å². The Morgan fingerprint density at radius 2 is 2.08 bits per heavy atom. The van der Waals surface area contributed by atoms with Crippen molar-refractivity contribution in [1.82, 2.24) is 0 Å². The van der Waals surface area contributed by atoms with E-state index in [1.165, 1.54) is 0 Å². The van der Waals surface area contributed by atoms with Crippen LogP contribution in [0.2, 0.25) is 0 Å². The van der Waals surface area contributed by atoms with E-state index in [2.05, 4.69) is 0 Å². The Bertz CT molecular complexity index is 310. The summed E-state index contributed by atoms with van der Waals surface area (Å²) >= 11 is 0. The Kier molecular flexibility index (Phi) is 2.02. The molecule has 0 saturated carbocycles. The standard InChI is InChI=1S/C10H11NO2/c11-9(12)6-8-10(13-8)7-4-2-1-3-5-7/h1-5,8,10H,6H2,(H2,11,12)/t8-,10+/m1/s1. The summed E-state index contributed by atoms with van der Waals surface area (Å²) < 4.78 is 5.31. The van der Waals surface area contributed by atoms with Gasteiger partial charge in [0.2, 0.25) is 5.91 Å². The maximum absolute atomic E-state index is 10.6. The summed E-state index contributed by atoms with van der Waals surface area (Å²) in [5.41, 5.74) is 6.17. The minimum absolute atomic E-state index is 0.0000926. The molecular formula is C10H11NO2. The van der Waals surface area contributed by atoms with Gasteiger partial charge in [0.15, 0.2) is 0 Å². The highest BCUT2D eigenvalue weighted by Crippen LogP contribution is 2.40. The summed E-state index contributed by atoms with van der Waals surface area (Å²) in [6.45, 7) is 0. The average molecular weight is 177 g/mol. The molecule has 3 nitrogen and oxygen atoms in total. The summed E-state index contributed by atoms with van der Waals surface area (Å²) in [5, 5.41) is 0. The molecule has 2 N–H and O–H groups in total. The van der Waals surface area contributed by atoms with E-state index in [1.54, 1.807) is 0 Å². The summed E-state index contributed by atoms with van der Waals surface area (Å²) in [4.78, 5) is 10.6. The quantitative estimate of drug-likeness (QED) is 0.700. The number of primary amides is 1. The fraction of sp³-hybridized carbons (Fsp3) is 0.300. The zero-order valence-electron chi connectivity index (χ0n) is 7.14. The molecule has 68 valence electrons. The van der Waals surface area contributed by atoms with Crippen molar-refractivity contribution in [3.8, 4) is 0 Å². The van der Waals surface area contributed by atoms with E-state index in [0.717, 1.165) is 5.56 Å². The van der Waals surface area contributed by atoms with Crippen LogP contribution in [0.5, 0.6) is 0 Å². The molecule has 0 bridgehead atoms. The van der Waals surface area contributed by atoms with Crippen molar-refractivity contribution in [3.05, 3.63) is 35.9 Å². The molecule has 1 amide bonds. The normalized spacial score (nSPS) is 25.5. The molecule has 1 heterocycles. The van der Waals surface area contributed by atoms with Gasteiger partial charge in [-0.1, -0.05) is 30.3 Å². The number of ether oxygens (including phenoxy) is 1. The third kappa shape index (κ3) is 1.87. The molecule has 0 unspecified atom stereocenters. The molecule has 0 radical (unpaired) electrons. The highest BCUT2D eigenvalue weighted by Gasteiger charge is 2.40. The number of benzene rings is 1. The van der Waals surface area contributed by atoms with Crippen LogP contribution in [-0.2, 0) is 9.53 Å². The lowest BCUT2D eigenvalue weighted by atomic mass is 10.1. The van der Waals surface area contributed by atoms with Crippen LogP contribution < -0.4 is 5.73 Å². The van der Waals surface area contributed by atoms with E-state index in [0.29, 0.717) is 6.42 Å². The number of carbonyl (C=O) groups is 1. The number of hydrogen-bond donors (Lipinski definition) is 1. The number of epoxide rings is 1. The van der Waals surface area contributed by atoms with Crippen LogP contribution in [0.4, 0.5) is 0 Å². The maximum Gasteiger partial charge on any atom is 0.220 e. The molecule has 3 heteroatoms. The van der Waals surface area contributed by atoms with Crippen LogP contribution in [-0.4, -0.2) is 12.0 Å². The molecule has 2 atom stereocenters. The summed E-state index contributed by atoms with van der Waals surface area (Å²) in [6, 6.07) is 9.85. The zero-order chi connectivity index (χ0) is 9.26. The molecule has 1 saturated heterocycles. The topological polar surface area (TPSA) is 55.6 Å². The number of rotatable bonds is 3. The van der Waals surface area contributed by atoms with Crippen LogP contribution in [0.15, 0.2) is 30.3 Å². The first-order valence-electron chi connectivity index (χ1n) is 4.26. The lowest BCUT2D eigenvalue weighted by Crippen LogP contribution is -2.13. The lowest BCUT2D eigenvalue weighted by Gasteiger charge is -1.92. The van der Waals surface area contributed by atoms with Gasteiger partial charge in [-0.2, -0.15) is 0 Å². The summed E-state index contributed by atoms with van der Waals surface area (Å²) in [6.07, 6.45) is 0.396. The lowest BCUT2D eigenvalue weighted by molar-refractivity contribution is -0.118. The molecule has 1 aromatic carbocycles. The van der Waals surface area contributed by atoms with E-state index in [4.69, 9.17) is 10.5 Å². The smallest absolute Gasteiger partial charge is 0.220 e. The second-order valence-corrected chi connectivity index (χ2v) is 3.18. The maximum atomic E-state index is 10.6. The monoisotopic (exact) mass is 177 g/mol. The number of nitrogens with two attached hydrogens (primary N) is 1. The van der Waals surface area contributed by atoms with Gasteiger partial charge in [0.1, 0.15) is 6.10 Å². The molecule has 1 aliphatic rings. The first-order chi connectivity index (χ1) is 6.27. The fourth-order valence-electron chi connectivity index (χ4n) is 1.43.